The Hall–Kier alpha value is -1.10. The molecule has 0 fully saturated rings. The molecule has 2 nitrogen and oxygen atoms in total. The highest BCUT2D eigenvalue weighted by Gasteiger charge is 1.79. The van der Waals surface area contributed by atoms with Crippen LogP contribution in [-0.2, 0) is 4.79 Å². The minimum atomic E-state index is 0.593. The Morgan fingerprint density at radius 3 is 2.78 bits per heavy atom. The lowest BCUT2D eigenvalue weighted by Gasteiger charge is -1.82. The first-order valence-electron chi connectivity index (χ1n) is 2.90. The van der Waals surface area contributed by atoms with Gasteiger partial charge in [-0.25, -0.2) is 0 Å². The Balaban J connectivity index is 3.01. The first-order chi connectivity index (χ1) is 4.41. The van der Waals surface area contributed by atoms with E-state index in [1.165, 1.54) is 6.08 Å². The number of nitrogens with zero attached hydrogens (tertiary/aromatic N) is 1. The van der Waals surface area contributed by atoms with Gasteiger partial charge in [0.2, 0.25) is 0 Å². The third-order valence-electron chi connectivity index (χ3n) is 0.885. The topological polar surface area (TPSA) is 40.9 Å². The second-order valence-corrected chi connectivity index (χ2v) is 1.63. The van der Waals surface area contributed by atoms with Crippen LogP contribution in [-0.4, -0.2) is 6.29 Å². The number of carbonyl (C=O) groups is 1. The Kier molecular flexibility index (Phi) is 6.06. The van der Waals surface area contributed by atoms with Crippen LogP contribution in [0.25, 0.3) is 0 Å². The maximum Gasteiger partial charge on any atom is 0.120 e. The monoisotopic (exact) mass is 123 g/mol. The number of nitriles is 1. The molecule has 0 aromatic heterocycles. The van der Waals surface area contributed by atoms with Crippen molar-refractivity contribution in [2.24, 2.45) is 0 Å². The van der Waals surface area contributed by atoms with Gasteiger partial charge < -0.3 is 4.79 Å². The lowest BCUT2D eigenvalue weighted by Crippen LogP contribution is -1.72. The summed E-state index contributed by atoms with van der Waals surface area (Å²) in [5.41, 5.74) is 0. The van der Waals surface area contributed by atoms with Crippen LogP contribution in [0, 0.1) is 11.3 Å². The zero-order valence-corrected chi connectivity index (χ0v) is 5.21. The molecular formula is C7H9NO. The number of hydrogen-bond donors (Lipinski definition) is 0. The lowest BCUT2D eigenvalue weighted by molar-refractivity contribution is -0.107. The third kappa shape index (κ3) is 6.90. The summed E-state index contributed by atoms with van der Waals surface area (Å²) in [4.78, 5) is 9.75. The van der Waals surface area contributed by atoms with E-state index in [9.17, 15) is 4.79 Å². The minimum Gasteiger partial charge on any atom is -0.303 e. The molecule has 0 aromatic carbocycles. The third-order valence-corrected chi connectivity index (χ3v) is 0.885. The van der Waals surface area contributed by atoms with Crippen molar-refractivity contribution in [3.05, 3.63) is 12.2 Å². The Morgan fingerprint density at radius 1 is 1.44 bits per heavy atom. The van der Waals surface area contributed by atoms with Gasteiger partial charge in [0.15, 0.2) is 0 Å². The molecule has 0 unspecified atom stereocenters. The molecule has 0 rings (SSSR count). The van der Waals surface area contributed by atoms with E-state index in [4.69, 9.17) is 5.26 Å². The first kappa shape index (κ1) is 7.90. The van der Waals surface area contributed by atoms with E-state index < -0.39 is 0 Å². The van der Waals surface area contributed by atoms with Crippen molar-refractivity contribution in [2.75, 3.05) is 0 Å². The summed E-state index contributed by atoms with van der Waals surface area (Å²) < 4.78 is 0. The second kappa shape index (κ2) is 6.90. The molecule has 2 heteroatoms. The zero-order chi connectivity index (χ0) is 6.95. The Morgan fingerprint density at radius 2 is 2.22 bits per heavy atom. The quantitative estimate of drug-likeness (QED) is 0.322. The van der Waals surface area contributed by atoms with Crippen LogP contribution in [0.4, 0.5) is 0 Å². The summed E-state index contributed by atoms with van der Waals surface area (Å²) in [6, 6.07) is 1.88. The Bertz CT molecular complexity index is 132. The maximum absolute atomic E-state index is 9.75. The van der Waals surface area contributed by atoms with Crippen molar-refractivity contribution < 1.29 is 4.79 Å². The smallest absolute Gasteiger partial charge is 0.120 e. The largest absolute Gasteiger partial charge is 0.303 e. The molecule has 9 heavy (non-hydrogen) atoms. The van der Waals surface area contributed by atoms with Gasteiger partial charge in [-0.3, -0.25) is 0 Å². The predicted molar refractivity (Wildman–Crippen MR) is 34.7 cm³/mol. The van der Waals surface area contributed by atoms with Gasteiger partial charge >= 0.3 is 0 Å². The van der Waals surface area contributed by atoms with Gasteiger partial charge in [-0.05, 0) is 12.8 Å². The molecular weight excluding hydrogens is 114 g/mol. The summed E-state index contributed by atoms with van der Waals surface area (Å²) in [6.45, 7) is 0. The van der Waals surface area contributed by atoms with Crippen molar-refractivity contribution in [3.8, 4) is 6.07 Å². The SMILES string of the molecule is N#C/C=C\CCCC=O. The molecule has 0 aliphatic heterocycles. The van der Waals surface area contributed by atoms with E-state index in [0.29, 0.717) is 6.42 Å². The highest BCUT2D eigenvalue weighted by Crippen LogP contribution is 1.92. The maximum atomic E-state index is 9.75. The highest BCUT2D eigenvalue weighted by molar-refractivity contribution is 5.49. The molecule has 0 N–H and O–H groups in total. The van der Waals surface area contributed by atoms with Gasteiger partial charge in [0, 0.05) is 12.5 Å². The van der Waals surface area contributed by atoms with Crippen molar-refractivity contribution in [1.29, 1.82) is 5.26 Å². The molecule has 0 atom stereocenters. The fraction of sp³-hybridized carbons (Fsp3) is 0.429. The molecule has 0 saturated carbocycles. The second-order valence-electron chi connectivity index (χ2n) is 1.63. The van der Waals surface area contributed by atoms with Crippen LogP contribution in [0.15, 0.2) is 12.2 Å². The summed E-state index contributed by atoms with van der Waals surface area (Å²) in [7, 11) is 0. The van der Waals surface area contributed by atoms with E-state index in [2.05, 4.69) is 0 Å². The van der Waals surface area contributed by atoms with Crippen molar-refractivity contribution in [2.45, 2.75) is 19.3 Å². The molecule has 0 bridgehead atoms. The minimum absolute atomic E-state index is 0.593. The first-order valence-corrected chi connectivity index (χ1v) is 2.90. The molecule has 0 aliphatic carbocycles. The van der Waals surface area contributed by atoms with Gasteiger partial charge in [-0.2, -0.15) is 5.26 Å². The standard InChI is InChI=1S/C7H9NO/c8-6-4-2-1-3-5-7-9/h2,4,7H,1,3,5H2/b4-2-. The molecule has 0 radical (unpaired) electrons. The molecule has 0 heterocycles. The molecule has 0 saturated heterocycles. The van der Waals surface area contributed by atoms with E-state index in [0.717, 1.165) is 19.1 Å². The van der Waals surface area contributed by atoms with E-state index in [1.807, 2.05) is 6.07 Å². The van der Waals surface area contributed by atoms with E-state index in [-0.39, 0.29) is 0 Å². The highest BCUT2D eigenvalue weighted by atomic mass is 16.1. The summed E-state index contributed by atoms with van der Waals surface area (Å²) in [6.07, 6.45) is 6.36. The van der Waals surface area contributed by atoms with Crippen LogP contribution < -0.4 is 0 Å². The van der Waals surface area contributed by atoms with Gasteiger partial charge in [-0.1, -0.05) is 6.08 Å². The van der Waals surface area contributed by atoms with Crippen molar-refractivity contribution >= 4 is 6.29 Å². The summed E-state index contributed by atoms with van der Waals surface area (Å²) >= 11 is 0. The fourth-order valence-corrected chi connectivity index (χ4v) is 0.455. The van der Waals surface area contributed by atoms with Gasteiger partial charge in [0.1, 0.15) is 6.29 Å². The number of unbranched alkanes of at least 4 members (excludes halogenated alkanes) is 2. The molecule has 0 spiro atoms. The molecule has 0 amide bonds. The average molecular weight is 123 g/mol. The van der Waals surface area contributed by atoms with Crippen molar-refractivity contribution in [1.82, 2.24) is 0 Å². The van der Waals surface area contributed by atoms with E-state index >= 15 is 0 Å². The average Bonchev–Trinajstić information content (AvgIpc) is 1.89. The van der Waals surface area contributed by atoms with Crippen LogP contribution in [0.5, 0.6) is 0 Å². The van der Waals surface area contributed by atoms with Crippen LogP contribution >= 0.6 is 0 Å². The predicted octanol–water partition coefficient (Wildman–Crippen LogP) is 1.44. The number of hydrogen-bond acceptors (Lipinski definition) is 2. The molecule has 0 aliphatic rings. The van der Waals surface area contributed by atoms with Gasteiger partial charge in [-0.15, -0.1) is 0 Å². The van der Waals surface area contributed by atoms with Crippen LogP contribution in [0.3, 0.4) is 0 Å². The zero-order valence-electron chi connectivity index (χ0n) is 5.21. The van der Waals surface area contributed by atoms with Crippen LogP contribution in [0.1, 0.15) is 19.3 Å². The normalized spacial score (nSPS) is 9.22. The summed E-state index contributed by atoms with van der Waals surface area (Å²) in [5, 5.41) is 8.02. The molecule has 0 aromatic rings. The fourth-order valence-electron chi connectivity index (χ4n) is 0.455. The van der Waals surface area contributed by atoms with Gasteiger partial charge in [0.25, 0.3) is 0 Å². The van der Waals surface area contributed by atoms with Crippen molar-refractivity contribution in [3.63, 3.8) is 0 Å². The van der Waals surface area contributed by atoms with E-state index in [1.54, 1.807) is 6.08 Å². The number of carbonyl (C=O) groups excluding carboxylic acids is 1. The molecule has 48 valence electrons. The Labute approximate surface area is 54.8 Å². The number of rotatable bonds is 4. The summed E-state index contributed by atoms with van der Waals surface area (Å²) in [5.74, 6) is 0. The lowest BCUT2D eigenvalue weighted by atomic mass is 10.2. The number of aldehydes is 1. The van der Waals surface area contributed by atoms with Crippen LogP contribution in [0.2, 0.25) is 0 Å². The number of allylic oxidation sites excluding steroid dienone is 2. The van der Waals surface area contributed by atoms with Gasteiger partial charge in [0.05, 0.1) is 6.07 Å².